The van der Waals surface area contributed by atoms with Gasteiger partial charge in [0.1, 0.15) is 17.4 Å². The van der Waals surface area contributed by atoms with Crippen LogP contribution < -0.4 is 25.8 Å². The van der Waals surface area contributed by atoms with E-state index in [0.717, 1.165) is 12.1 Å². The minimum Gasteiger partial charge on any atom is -0.409 e. The molecule has 0 unspecified atom stereocenters. The second-order valence-corrected chi connectivity index (χ2v) is 11.5. The van der Waals surface area contributed by atoms with Crippen LogP contribution in [0.1, 0.15) is 11.1 Å². The second-order valence-electron chi connectivity index (χ2n) is 9.99. The molecule has 5 aromatic rings. The number of benzene rings is 5. The predicted octanol–water partition coefficient (Wildman–Crippen LogP) is 6.28. The smallest absolute Gasteiger partial charge is 0.409 e. The fraction of sp³-hybridized carbons (Fsp3) is 0.0294. The molecule has 0 bridgehead atoms. The van der Waals surface area contributed by atoms with Gasteiger partial charge in [-0.3, -0.25) is 4.90 Å². The Bertz CT molecular complexity index is 2000. The number of ether oxygens (including phenoxy) is 1. The summed E-state index contributed by atoms with van der Waals surface area (Å²) in [7, 11) is -3.94. The first-order chi connectivity index (χ1) is 22.1. The van der Waals surface area contributed by atoms with E-state index in [1.165, 1.54) is 23.1 Å². The first-order valence-electron chi connectivity index (χ1n) is 13.8. The molecule has 0 spiro atoms. The summed E-state index contributed by atoms with van der Waals surface area (Å²) in [4.78, 5) is 31.2. The van der Waals surface area contributed by atoms with E-state index in [4.69, 9.17) is 15.6 Å². The van der Waals surface area contributed by atoms with Crippen molar-refractivity contribution in [1.29, 1.82) is 0 Å². The first kappa shape index (κ1) is 31.6. The van der Waals surface area contributed by atoms with Crippen LogP contribution in [0.2, 0.25) is 0 Å². The van der Waals surface area contributed by atoms with Gasteiger partial charge >= 0.3 is 12.1 Å². The molecule has 0 saturated heterocycles. The maximum atomic E-state index is 13.6. The lowest BCUT2D eigenvalue weighted by Gasteiger charge is -2.24. The van der Waals surface area contributed by atoms with Crippen LogP contribution in [0.25, 0.3) is 11.1 Å². The summed E-state index contributed by atoms with van der Waals surface area (Å²) in [6.07, 6.45) is -0.973. The Hall–Kier alpha value is -5.85. The van der Waals surface area contributed by atoms with E-state index >= 15 is 0 Å². The number of carbonyl (C=O) groups excluding carboxylic acids is 2. The number of nitrogens with one attached hydrogen (secondary N) is 1. The number of aliphatic imine (C=N–C) groups is 1. The Balaban J connectivity index is 1.33. The zero-order valence-corrected chi connectivity index (χ0v) is 25.0. The molecule has 0 aliphatic carbocycles. The predicted molar refractivity (Wildman–Crippen MR) is 174 cm³/mol. The van der Waals surface area contributed by atoms with Gasteiger partial charge in [0.15, 0.2) is 0 Å². The standard InChI is InChI=1S/C34H28FN5O5S/c35-26-15-19-29(20-16-26)45-34(42)39-32(36)25-8-6-7-23(21-25)22-40(28-9-2-1-3-10-28)33(41)38-27-17-13-24(14-18-27)30-11-4-5-12-31(30)46(37,43)44/h1-21H,22H2,(H,38,41)(H2,36,39,42)(H2,37,43,44). The maximum absolute atomic E-state index is 13.6. The number of nitrogens with zero attached hydrogens (tertiary/aromatic N) is 2. The second kappa shape index (κ2) is 13.8. The molecule has 0 fully saturated rings. The van der Waals surface area contributed by atoms with Crippen LogP contribution in [-0.2, 0) is 16.6 Å². The molecule has 3 amide bonds. The Labute approximate surface area is 264 Å². The largest absolute Gasteiger partial charge is 0.441 e. The highest BCUT2D eigenvalue weighted by Crippen LogP contribution is 2.28. The molecule has 0 saturated carbocycles. The molecule has 10 nitrogen and oxygen atoms in total. The van der Waals surface area contributed by atoms with Gasteiger partial charge in [-0.15, -0.1) is 0 Å². The van der Waals surface area contributed by atoms with Crippen LogP contribution in [-0.4, -0.2) is 26.4 Å². The zero-order valence-electron chi connectivity index (χ0n) is 24.2. The van der Waals surface area contributed by atoms with Crippen molar-refractivity contribution in [2.45, 2.75) is 11.4 Å². The van der Waals surface area contributed by atoms with Crippen molar-refractivity contribution < 1.29 is 27.1 Å². The van der Waals surface area contributed by atoms with Crippen molar-refractivity contribution in [2.24, 2.45) is 15.9 Å². The molecule has 0 aliphatic heterocycles. The van der Waals surface area contributed by atoms with Crippen LogP contribution in [0, 0.1) is 5.82 Å². The number of sulfonamides is 1. The molecule has 0 atom stereocenters. The zero-order chi connectivity index (χ0) is 32.7. The topological polar surface area (TPSA) is 157 Å². The Morgan fingerprint density at radius 1 is 0.826 bits per heavy atom. The lowest BCUT2D eigenvalue weighted by atomic mass is 10.1. The summed E-state index contributed by atoms with van der Waals surface area (Å²) in [6.45, 7) is 0.136. The number of primary sulfonamides is 1. The van der Waals surface area contributed by atoms with Gasteiger partial charge in [-0.1, -0.05) is 66.7 Å². The van der Waals surface area contributed by atoms with Crippen molar-refractivity contribution >= 4 is 39.4 Å². The average Bonchev–Trinajstić information content (AvgIpc) is 3.05. The molecule has 12 heteroatoms. The van der Waals surface area contributed by atoms with E-state index < -0.39 is 28.0 Å². The molecular formula is C34H28FN5O5S. The van der Waals surface area contributed by atoms with Gasteiger partial charge in [0, 0.05) is 22.5 Å². The third-order valence-corrected chi connectivity index (χ3v) is 7.72. The van der Waals surface area contributed by atoms with E-state index in [2.05, 4.69) is 10.3 Å². The number of rotatable bonds is 8. The normalized spacial score (nSPS) is 11.5. The first-order valence-corrected chi connectivity index (χ1v) is 15.4. The Kier molecular flexibility index (Phi) is 9.50. The summed E-state index contributed by atoms with van der Waals surface area (Å²) >= 11 is 0. The lowest BCUT2D eigenvalue weighted by Crippen LogP contribution is -2.34. The molecule has 5 N–H and O–H groups in total. The summed E-state index contributed by atoms with van der Waals surface area (Å²) in [5.74, 6) is -0.460. The van der Waals surface area contributed by atoms with Crippen molar-refractivity contribution in [1.82, 2.24) is 0 Å². The fourth-order valence-corrected chi connectivity index (χ4v) is 5.33. The van der Waals surface area contributed by atoms with Crippen LogP contribution in [0.3, 0.4) is 0 Å². The van der Waals surface area contributed by atoms with Crippen molar-refractivity contribution in [3.8, 4) is 16.9 Å². The van der Waals surface area contributed by atoms with Crippen molar-refractivity contribution in [3.05, 3.63) is 144 Å². The number of urea groups is 1. The van der Waals surface area contributed by atoms with Gasteiger partial charge in [-0.05, 0) is 71.8 Å². The van der Waals surface area contributed by atoms with E-state index in [1.54, 1.807) is 91.0 Å². The number of carbonyl (C=O) groups is 2. The van der Waals surface area contributed by atoms with E-state index in [1.807, 2.05) is 6.07 Å². The maximum Gasteiger partial charge on any atom is 0.441 e. The number of hydrogen-bond acceptors (Lipinski definition) is 5. The molecule has 5 aromatic carbocycles. The molecular weight excluding hydrogens is 609 g/mol. The molecule has 5 rings (SSSR count). The molecule has 0 radical (unpaired) electrons. The molecule has 0 aromatic heterocycles. The number of nitrogens with two attached hydrogens (primary N) is 2. The number of hydrogen-bond donors (Lipinski definition) is 3. The minimum absolute atomic E-state index is 0.000258. The summed E-state index contributed by atoms with van der Waals surface area (Å²) in [5.41, 5.74) is 9.36. The Morgan fingerprint density at radius 2 is 1.50 bits per heavy atom. The monoisotopic (exact) mass is 637 g/mol. The van der Waals surface area contributed by atoms with Crippen molar-refractivity contribution in [3.63, 3.8) is 0 Å². The Morgan fingerprint density at radius 3 is 2.20 bits per heavy atom. The van der Waals surface area contributed by atoms with Crippen LogP contribution in [0.5, 0.6) is 5.75 Å². The van der Waals surface area contributed by atoms with Gasteiger partial charge in [0.05, 0.1) is 11.4 Å². The SMILES string of the molecule is NC(=NC(=O)Oc1ccc(F)cc1)c1cccc(CN(C(=O)Nc2ccc(-c3ccccc3S(N)(=O)=O)cc2)c2ccccc2)c1. The van der Waals surface area contributed by atoms with Crippen LogP contribution >= 0.6 is 0 Å². The van der Waals surface area contributed by atoms with E-state index in [-0.39, 0.29) is 23.0 Å². The molecule has 232 valence electrons. The number of halogens is 1. The third kappa shape index (κ3) is 8.00. The number of para-hydroxylation sites is 1. The number of anilines is 2. The van der Waals surface area contributed by atoms with E-state index in [9.17, 15) is 22.4 Å². The highest BCUT2D eigenvalue weighted by molar-refractivity contribution is 7.89. The summed E-state index contributed by atoms with van der Waals surface area (Å²) < 4.78 is 42.3. The van der Waals surface area contributed by atoms with Gasteiger partial charge in [0.25, 0.3) is 0 Å². The quantitative estimate of drug-likeness (QED) is 0.134. The molecule has 0 aliphatic rings. The van der Waals surface area contributed by atoms with Gasteiger partial charge < -0.3 is 15.8 Å². The van der Waals surface area contributed by atoms with Crippen LogP contribution in [0.15, 0.2) is 137 Å². The highest BCUT2D eigenvalue weighted by Gasteiger charge is 2.18. The van der Waals surface area contributed by atoms with Gasteiger partial charge in [-0.2, -0.15) is 4.99 Å². The van der Waals surface area contributed by atoms with Gasteiger partial charge in [0.2, 0.25) is 10.0 Å². The van der Waals surface area contributed by atoms with Crippen LogP contribution in [0.4, 0.5) is 25.4 Å². The van der Waals surface area contributed by atoms with Gasteiger partial charge in [-0.25, -0.2) is 27.5 Å². The molecule has 0 heterocycles. The molecule has 46 heavy (non-hydrogen) atoms. The third-order valence-electron chi connectivity index (χ3n) is 6.75. The fourth-order valence-electron chi connectivity index (χ4n) is 4.57. The number of amidine groups is 1. The minimum atomic E-state index is -3.94. The lowest BCUT2D eigenvalue weighted by molar-refractivity contribution is 0.211. The van der Waals surface area contributed by atoms with Crippen molar-refractivity contribution in [2.75, 3.05) is 10.2 Å². The average molecular weight is 638 g/mol. The van der Waals surface area contributed by atoms with E-state index in [0.29, 0.717) is 33.6 Å². The highest BCUT2D eigenvalue weighted by atomic mass is 32.2. The summed E-state index contributed by atoms with van der Waals surface area (Å²) in [6, 6.07) is 33.5. The summed E-state index contributed by atoms with van der Waals surface area (Å²) in [5, 5.41) is 8.27. The number of amides is 3.